The summed E-state index contributed by atoms with van der Waals surface area (Å²) in [6.45, 7) is 1.77. The second-order valence-corrected chi connectivity index (χ2v) is 3.78. The smallest absolute Gasteiger partial charge is 0.234 e. The maximum atomic E-state index is 13.6. The molecule has 1 rings (SSSR count). The third-order valence-corrected chi connectivity index (χ3v) is 2.44. The topological polar surface area (TPSA) is 55.1 Å². The van der Waals surface area contributed by atoms with Gasteiger partial charge in [-0.05, 0) is 12.5 Å². The molecule has 0 aliphatic rings. The molecule has 0 fully saturated rings. The average Bonchev–Trinajstić information content (AvgIpc) is 2.28. The molecule has 0 aliphatic heterocycles. The van der Waals surface area contributed by atoms with Crippen molar-refractivity contribution in [3.8, 4) is 0 Å². The number of hydrogen-bond acceptors (Lipinski definition) is 2. The van der Waals surface area contributed by atoms with E-state index in [0.29, 0.717) is 6.42 Å². The minimum absolute atomic E-state index is 0. The highest BCUT2D eigenvalue weighted by molar-refractivity contribution is 5.85. The molecule has 0 aromatic heterocycles. The van der Waals surface area contributed by atoms with Gasteiger partial charge in [-0.3, -0.25) is 4.79 Å². The Balaban J connectivity index is 0.00000289. The van der Waals surface area contributed by atoms with Crippen LogP contribution in [0.1, 0.15) is 31.4 Å². The van der Waals surface area contributed by atoms with Crippen LogP contribution >= 0.6 is 12.4 Å². The number of halogens is 3. The van der Waals surface area contributed by atoms with Gasteiger partial charge in [0.15, 0.2) is 0 Å². The Hall–Kier alpha value is -1.20. The van der Waals surface area contributed by atoms with Crippen LogP contribution in [0.15, 0.2) is 18.2 Å². The fourth-order valence-corrected chi connectivity index (χ4v) is 1.63. The summed E-state index contributed by atoms with van der Waals surface area (Å²) >= 11 is 0. The van der Waals surface area contributed by atoms with Crippen molar-refractivity contribution in [1.29, 1.82) is 0 Å². The van der Waals surface area contributed by atoms with Crippen LogP contribution in [-0.4, -0.2) is 12.5 Å². The molecule has 0 saturated carbocycles. The molecule has 3 N–H and O–H groups in total. The monoisotopic (exact) mass is 278 g/mol. The number of carbonyl (C=O) groups is 1. The molecule has 102 valence electrons. The van der Waals surface area contributed by atoms with Gasteiger partial charge in [0.1, 0.15) is 11.6 Å². The zero-order chi connectivity index (χ0) is 12.8. The van der Waals surface area contributed by atoms with Crippen LogP contribution in [0, 0.1) is 11.6 Å². The van der Waals surface area contributed by atoms with E-state index >= 15 is 0 Å². The quantitative estimate of drug-likeness (QED) is 0.868. The normalized spacial score (nSPS) is 11.6. The second-order valence-electron chi connectivity index (χ2n) is 3.78. The van der Waals surface area contributed by atoms with Gasteiger partial charge in [0.25, 0.3) is 0 Å². The minimum atomic E-state index is -0.652. The van der Waals surface area contributed by atoms with E-state index < -0.39 is 17.7 Å². The highest BCUT2D eigenvalue weighted by Crippen LogP contribution is 2.22. The molecule has 0 aliphatic carbocycles. The van der Waals surface area contributed by atoms with Crippen LogP contribution in [0.5, 0.6) is 0 Å². The molecule has 0 spiro atoms. The first-order valence-electron chi connectivity index (χ1n) is 5.52. The Labute approximate surface area is 111 Å². The molecule has 18 heavy (non-hydrogen) atoms. The highest BCUT2D eigenvalue weighted by Gasteiger charge is 2.17. The summed E-state index contributed by atoms with van der Waals surface area (Å²) in [6.07, 6.45) is 1.35. The van der Waals surface area contributed by atoms with E-state index in [1.807, 2.05) is 6.92 Å². The number of hydrogen-bond donors (Lipinski definition) is 2. The molecule has 1 unspecified atom stereocenters. The molecule has 1 atom stereocenters. The third kappa shape index (κ3) is 4.58. The Kier molecular flexibility index (Phi) is 7.47. The number of nitrogens with two attached hydrogens (primary N) is 1. The van der Waals surface area contributed by atoms with Crippen LogP contribution in [0.4, 0.5) is 8.78 Å². The minimum Gasteiger partial charge on any atom is -0.348 e. The van der Waals surface area contributed by atoms with Crippen LogP contribution in [0.3, 0.4) is 0 Å². The molecule has 0 saturated heterocycles. The van der Waals surface area contributed by atoms with Crippen molar-refractivity contribution in [3.05, 3.63) is 35.4 Å². The maximum Gasteiger partial charge on any atom is 0.234 e. The van der Waals surface area contributed by atoms with Crippen LogP contribution in [-0.2, 0) is 4.79 Å². The van der Waals surface area contributed by atoms with Crippen LogP contribution in [0.25, 0.3) is 0 Å². The Morgan fingerprint density at radius 1 is 1.44 bits per heavy atom. The van der Waals surface area contributed by atoms with Gasteiger partial charge >= 0.3 is 0 Å². The summed E-state index contributed by atoms with van der Waals surface area (Å²) < 4.78 is 26.3. The lowest BCUT2D eigenvalue weighted by atomic mass is 10.0. The van der Waals surface area contributed by atoms with Crippen molar-refractivity contribution < 1.29 is 13.6 Å². The summed E-state index contributed by atoms with van der Waals surface area (Å²) in [5.74, 6) is -1.64. The first-order valence-corrected chi connectivity index (χ1v) is 5.52. The van der Waals surface area contributed by atoms with E-state index in [2.05, 4.69) is 5.32 Å². The lowest BCUT2D eigenvalue weighted by molar-refractivity contribution is -0.120. The van der Waals surface area contributed by atoms with Crippen molar-refractivity contribution in [2.45, 2.75) is 25.8 Å². The van der Waals surface area contributed by atoms with Crippen molar-refractivity contribution in [2.75, 3.05) is 6.54 Å². The molecule has 0 bridgehead atoms. The predicted molar refractivity (Wildman–Crippen MR) is 68.5 cm³/mol. The molecular formula is C12H17ClF2N2O. The maximum absolute atomic E-state index is 13.6. The van der Waals surface area contributed by atoms with Gasteiger partial charge in [-0.25, -0.2) is 8.78 Å². The lowest BCUT2D eigenvalue weighted by Gasteiger charge is -2.18. The van der Waals surface area contributed by atoms with Gasteiger partial charge in [-0.2, -0.15) is 0 Å². The first kappa shape index (κ1) is 16.8. The van der Waals surface area contributed by atoms with E-state index in [4.69, 9.17) is 5.73 Å². The van der Waals surface area contributed by atoms with Crippen molar-refractivity contribution in [3.63, 3.8) is 0 Å². The van der Waals surface area contributed by atoms with Gasteiger partial charge in [0, 0.05) is 11.6 Å². The lowest BCUT2D eigenvalue weighted by Crippen LogP contribution is -2.34. The first-order chi connectivity index (χ1) is 8.08. The van der Waals surface area contributed by atoms with Gasteiger partial charge in [-0.1, -0.05) is 19.4 Å². The fourth-order valence-electron chi connectivity index (χ4n) is 1.63. The molecule has 1 aromatic carbocycles. The van der Waals surface area contributed by atoms with Crippen molar-refractivity contribution in [1.82, 2.24) is 5.32 Å². The van der Waals surface area contributed by atoms with E-state index in [1.165, 1.54) is 12.1 Å². The number of amides is 1. The van der Waals surface area contributed by atoms with E-state index in [9.17, 15) is 13.6 Å². The van der Waals surface area contributed by atoms with Crippen LogP contribution < -0.4 is 11.1 Å². The number of carbonyl (C=O) groups excluding carboxylic acids is 1. The van der Waals surface area contributed by atoms with Gasteiger partial charge in [0.05, 0.1) is 12.6 Å². The summed E-state index contributed by atoms with van der Waals surface area (Å²) in [5, 5.41) is 2.62. The van der Waals surface area contributed by atoms with E-state index in [1.54, 1.807) is 0 Å². The molecular weight excluding hydrogens is 262 g/mol. The molecule has 6 heteroatoms. The zero-order valence-corrected chi connectivity index (χ0v) is 10.9. The van der Waals surface area contributed by atoms with Crippen molar-refractivity contribution >= 4 is 18.3 Å². The standard InChI is InChI=1S/C12H16F2N2O.ClH/c1-2-3-11(16-12(17)7-15)9-5-4-8(13)6-10(9)14;/h4-6,11H,2-3,7,15H2,1H3,(H,16,17);1H. The Bertz CT molecular complexity index is 402. The summed E-state index contributed by atoms with van der Waals surface area (Å²) in [6, 6.07) is 2.88. The second kappa shape index (κ2) is 8.00. The number of rotatable bonds is 5. The largest absolute Gasteiger partial charge is 0.348 e. The van der Waals surface area contributed by atoms with Crippen molar-refractivity contribution in [2.24, 2.45) is 5.73 Å². The summed E-state index contributed by atoms with van der Waals surface area (Å²) in [4.78, 5) is 11.2. The zero-order valence-electron chi connectivity index (χ0n) is 10.1. The van der Waals surface area contributed by atoms with Gasteiger partial charge < -0.3 is 11.1 Å². The highest BCUT2D eigenvalue weighted by atomic mass is 35.5. The van der Waals surface area contributed by atoms with Gasteiger partial charge in [-0.15, -0.1) is 12.4 Å². The van der Waals surface area contributed by atoms with Crippen LogP contribution in [0.2, 0.25) is 0 Å². The molecule has 0 radical (unpaired) electrons. The van der Waals surface area contributed by atoms with Gasteiger partial charge in [0.2, 0.25) is 5.91 Å². The molecule has 0 heterocycles. The fraction of sp³-hybridized carbons (Fsp3) is 0.417. The molecule has 1 amide bonds. The average molecular weight is 279 g/mol. The predicted octanol–water partition coefficient (Wildman–Crippen LogP) is 2.30. The van der Waals surface area contributed by atoms with E-state index in [0.717, 1.165) is 12.5 Å². The van der Waals surface area contributed by atoms with E-state index in [-0.39, 0.29) is 30.4 Å². The number of benzene rings is 1. The molecule has 1 aromatic rings. The molecule has 3 nitrogen and oxygen atoms in total. The number of nitrogens with one attached hydrogen (secondary N) is 1. The summed E-state index contributed by atoms with van der Waals surface area (Å²) in [5.41, 5.74) is 5.48. The Morgan fingerprint density at radius 2 is 2.11 bits per heavy atom. The SMILES string of the molecule is CCCC(NC(=O)CN)c1ccc(F)cc1F.Cl. The Morgan fingerprint density at radius 3 is 2.61 bits per heavy atom. The summed E-state index contributed by atoms with van der Waals surface area (Å²) in [7, 11) is 0. The third-order valence-electron chi connectivity index (χ3n) is 2.44.